The minimum atomic E-state index is 0.359. The fraction of sp³-hybridized carbons (Fsp3) is 0.308. The van der Waals surface area contributed by atoms with Gasteiger partial charge in [-0.05, 0) is 28.9 Å². The van der Waals surface area contributed by atoms with Crippen LogP contribution in [0.3, 0.4) is 0 Å². The van der Waals surface area contributed by atoms with Crippen LogP contribution < -0.4 is 15.2 Å². The molecule has 0 bridgehead atoms. The van der Waals surface area contributed by atoms with Crippen LogP contribution in [0.1, 0.15) is 12.0 Å². The fourth-order valence-electron chi connectivity index (χ4n) is 2.09. The molecular weight excluding hydrogens is 312 g/mol. The monoisotopic (exact) mass is 324 g/mol. The second-order valence-corrected chi connectivity index (χ2v) is 5.21. The van der Waals surface area contributed by atoms with Crippen molar-refractivity contribution < 1.29 is 14.0 Å². The van der Waals surface area contributed by atoms with E-state index < -0.39 is 0 Å². The van der Waals surface area contributed by atoms with Crippen LogP contribution >= 0.6 is 15.9 Å². The minimum Gasteiger partial charge on any atom is -0.489 e. The van der Waals surface area contributed by atoms with Crippen molar-refractivity contribution >= 4 is 21.7 Å². The van der Waals surface area contributed by atoms with E-state index in [9.17, 15) is 0 Å². The lowest BCUT2D eigenvalue weighted by atomic mass is 10.0. The summed E-state index contributed by atoms with van der Waals surface area (Å²) < 4.78 is 17.5. The third-order valence-electron chi connectivity index (χ3n) is 3.01. The first-order valence-electron chi connectivity index (χ1n) is 5.98. The lowest BCUT2D eigenvalue weighted by Gasteiger charge is -2.14. The maximum Gasteiger partial charge on any atom is 0.175 e. The Morgan fingerprint density at radius 2 is 1.95 bits per heavy atom. The fourth-order valence-corrected chi connectivity index (χ4v) is 2.61. The molecule has 0 fully saturated rings. The number of halogens is 1. The van der Waals surface area contributed by atoms with Crippen molar-refractivity contribution in [3.8, 4) is 22.8 Å². The molecule has 0 amide bonds. The van der Waals surface area contributed by atoms with Gasteiger partial charge in [-0.25, -0.2) is 0 Å². The molecular formula is C13H13BrN2O3. The first-order chi connectivity index (χ1) is 9.16. The molecule has 6 heteroatoms. The van der Waals surface area contributed by atoms with Crippen LogP contribution in [0, 0.1) is 6.92 Å². The molecule has 3 rings (SSSR count). The molecule has 0 atom stereocenters. The highest BCUT2D eigenvalue weighted by Gasteiger charge is 2.21. The molecule has 19 heavy (non-hydrogen) atoms. The number of hydrogen-bond acceptors (Lipinski definition) is 5. The third kappa shape index (κ3) is 2.16. The highest BCUT2D eigenvalue weighted by molar-refractivity contribution is 9.10. The van der Waals surface area contributed by atoms with Crippen LogP contribution in [0.4, 0.5) is 5.82 Å². The molecule has 100 valence electrons. The number of nitrogens with zero attached hydrogens (tertiary/aromatic N) is 1. The third-order valence-corrected chi connectivity index (χ3v) is 3.60. The smallest absolute Gasteiger partial charge is 0.175 e. The van der Waals surface area contributed by atoms with Gasteiger partial charge in [-0.3, -0.25) is 0 Å². The lowest BCUT2D eigenvalue weighted by molar-refractivity contribution is 0.296. The van der Waals surface area contributed by atoms with E-state index in [1.54, 1.807) is 6.07 Å². The van der Waals surface area contributed by atoms with E-state index in [2.05, 4.69) is 21.1 Å². The molecule has 0 saturated carbocycles. The number of nitrogens with two attached hydrogens (primary N) is 1. The van der Waals surface area contributed by atoms with Gasteiger partial charge >= 0.3 is 0 Å². The molecule has 0 aliphatic carbocycles. The summed E-state index contributed by atoms with van der Waals surface area (Å²) in [4.78, 5) is 0. The highest BCUT2D eigenvalue weighted by atomic mass is 79.9. The summed E-state index contributed by atoms with van der Waals surface area (Å²) in [6.45, 7) is 3.26. The van der Waals surface area contributed by atoms with Gasteiger partial charge in [-0.1, -0.05) is 5.16 Å². The van der Waals surface area contributed by atoms with Gasteiger partial charge in [0.1, 0.15) is 0 Å². The molecule has 1 aromatic heterocycles. The zero-order valence-electron chi connectivity index (χ0n) is 10.4. The summed E-state index contributed by atoms with van der Waals surface area (Å²) in [5.74, 6) is 2.46. The summed E-state index contributed by atoms with van der Waals surface area (Å²) in [5.41, 5.74) is 7.44. The summed E-state index contributed by atoms with van der Waals surface area (Å²) in [7, 11) is 0. The first-order valence-corrected chi connectivity index (χ1v) is 6.77. The molecule has 0 unspecified atom stereocenters. The molecule has 0 saturated heterocycles. The SMILES string of the molecule is Cc1c(-c2cc(N)no2)cc(Br)c2c1OCCCO2. The van der Waals surface area contributed by atoms with E-state index in [1.807, 2.05) is 13.0 Å². The Morgan fingerprint density at radius 1 is 1.21 bits per heavy atom. The quantitative estimate of drug-likeness (QED) is 0.872. The van der Waals surface area contributed by atoms with Gasteiger partial charge in [0.2, 0.25) is 0 Å². The van der Waals surface area contributed by atoms with E-state index >= 15 is 0 Å². The van der Waals surface area contributed by atoms with Crippen molar-refractivity contribution in [3.05, 3.63) is 22.2 Å². The van der Waals surface area contributed by atoms with Gasteiger partial charge in [0, 0.05) is 23.6 Å². The molecule has 1 aliphatic heterocycles. The van der Waals surface area contributed by atoms with Crippen LogP contribution in [0.15, 0.2) is 21.1 Å². The minimum absolute atomic E-state index is 0.359. The number of ether oxygens (including phenoxy) is 2. The second kappa shape index (κ2) is 4.77. The zero-order chi connectivity index (χ0) is 13.4. The largest absolute Gasteiger partial charge is 0.489 e. The Bertz CT molecular complexity index is 625. The first kappa shape index (κ1) is 12.3. The molecule has 1 aromatic carbocycles. The van der Waals surface area contributed by atoms with Crippen molar-refractivity contribution in [2.45, 2.75) is 13.3 Å². The van der Waals surface area contributed by atoms with Crippen molar-refractivity contribution in [2.24, 2.45) is 0 Å². The predicted molar refractivity (Wildman–Crippen MR) is 74.4 cm³/mol. The van der Waals surface area contributed by atoms with E-state index in [0.29, 0.717) is 24.8 Å². The van der Waals surface area contributed by atoms with Crippen LogP contribution in [0.5, 0.6) is 11.5 Å². The molecule has 2 heterocycles. The Kier molecular flexibility index (Phi) is 3.10. The molecule has 1 aliphatic rings. The zero-order valence-corrected chi connectivity index (χ0v) is 12.0. The Hall–Kier alpha value is -1.69. The number of nitrogen functional groups attached to an aromatic ring is 1. The van der Waals surface area contributed by atoms with Gasteiger partial charge in [0.25, 0.3) is 0 Å². The van der Waals surface area contributed by atoms with Gasteiger partial charge in [-0.2, -0.15) is 0 Å². The second-order valence-electron chi connectivity index (χ2n) is 4.36. The van der Waals surface area contributed by atoms with Crippen LogP contribution in [0.25, 0.3) is 11.3 Å². The molecule has 2 N–H and O–H groups in total. The molecule has 0 spiro atoms. The van der Waals surface area contributed by atoms with E-state index in [0.717, 1.165) is 33.5 Å². The number of hydrogen-bond donors (Lipinski definition) is 1. The Labute approximate surface area is 118 Å². The average molecular weight is 325 g/mol. The summed E-state index contributed by atoms with van der Waals surface area (Å²) in [5, 5.41) is 3.71. The molecule has 2 aromatic rings. The number of benzene rings is 1. The maximum atomic E-state index is 5.78. The van der Waals surface area contributed by atoms with Gasteiger partial charge in [0.15, 0.2) is 23.1 Å². The van der Waals surface area contributed by atoms with Gasteiger partial charge in [0.05, 0.1) is 17.7 Å². The summed E-state index contributed by atoms with van der Waals surface area (Å²) in [6.07, 6.45) is 0.866. The van der Waals surface area contributed by atoms with Crippen molar-refractivity contribution in [2.75, 3.05) is 18.9 Å². The molecule has 0 radical (unpaired) electrons. The normalized spacial score (nSPS) is 14.2. The Morgan fingerprint density at radius 3 is 2.63 bits per heavy atom. The van der Waals surface area contributed by atoms with Gasteiger partial charge in [-0.15, -0.1) is 0 Å². The van der Waals surface area contributed by atoms with Crippen molar-refractivity contribution in [3.63, 3.8) is 0 Å². The molecule has 5 nitrogen and oxygen atoms in total. The van der Waals surface area contributed by atoms with Crippen molar-refractivity contribution in [1.82, 2.24) is 5.16 Å². The van der Waals surface area contributed by atoms with E-state index in [-0.39, 0.29) is 0 Å². The van der Waals surface area contributed by atoms with Crippen LogP contribution in [-0.4, -0.2) is 18.4 Å². The summed E-state index contributed by atoms with van der Waals surface area (Å²) in [6, 6.07) is 3.63. The maximum absolute atomic E-state index is 5.78. The highest BCUT2D eigenvalue weighted by Crippen LogP contribution is 2.44. The van der Waals surface area contributed by atoms with Crippen molar-refractivity contribution in [1.29, 1.82) is 0 Å². The number of fused-ring (bicyclic) bond motifs is 1. The summed E-state index contributed by atoms with van der Waals surface area (Å²) >= 11 is 3.51. The van der Waals surface area contributed by atoms with E-state index in [4.69, 9.17) is 19.7 Å². The number of rotatable bonds is 1. The predicted octanol–water partition coefficient (Wildman–Crippen LogP) is 3.16. The number of anilines is 1. The van der Waals surface area contributed by atoms with E-state index in [1.165, 1.54) is 0 Å². The number of aromatic nitrogens is 1. The lowest BCUT2D eigenvalue weighted by Crippen LogP contribution is -1.98. The standard InChI is InChI=1S/C13H13BrN2O3/c1-7-8(10-6-11(15)16-19-10)5-9(14)13-12(7)17-3-2-4-18-13/h5-6H,2-4H2,1H3,(H2,15,16). The topological polar surface area (TPSA) is 70.5 Å². The van der Waals surface area contributed by atoms with Crippen LogP contribution in [-0.2, 0) is 0 Å². The van der Waals surface area contributed by atoms with Gasteiger partial charge < -0.3 is 19.7 Å². The Balaban J connectivity index is 2.17. The average Bonchev–Trinajstić information content (AvgIpc) is 2.66. The van der Waals surface area contributed by atoms with Crippen LogP contribution in [0.2, 0.25) is 0 Å².